The Balaban J connectivity index is -0.0000000681. The van der Waals surface area contributed by atoms with E-state index in [-0.39, 0.29) is 52.2 Å². The molecule has 2 saturated carbocycles. The van der Waals surface area contributed by atoms with Crippen LogP contribution in [0.1, 0.15) is 0 Å². The molecule has 2 aliphatic carbocycles. The van der Waals surface area contributed by atoms with Crippen molar-refractivity contribution in [1.29, 1.82) is 0 Å². The number of hydrogen-bond donors (Lipinski definition) is 0. The van der Waals surface area contributed by atoms with Crippen molar-refractivity contribution in [2.75, 3.05) is 0 Å². The van der Waals surface area contributed by atoms with E-state index in [1.165, 1.54) is 21.6 Å². The van der Waals surface area contributed by atoms with Crippen molar-refractivity contribution < 1.29 is 30.6 Å². The van der Waals surface area contributed by atoms with Crippen LogP contribution >= 0.6 is 0 Å². The van der Waals surface area contributed by atoms with Gasteiger partial charge in [-0.2, -0.15) is 0 Å². The van der Waals surface area contributed by atoms with Crippen LogP contribution in [0.3, 0.4) is 0 Å². The van der Waals surface area contributed by atoms with E-state index in [4.69, 9.17) is 4.79 Å². The Morgan fingerprint density at radius 3 is 0.577 bits per heavy atom. The second-order valence-corrected chi connectivity index (χ2v) is 16.0. The zero-order valence-corrected chi connectivity index (χ0v) is 25.2. The third kappa shape index (κ3) is 114. The molecule has 0 aromatic carbocycles. The summed E-state index contributed by atoms with van der Waals surface area (Å²) in [5, 5.41) is 1.50. The molecular weight excluding hydrogens is 458 g/mol. The van der Waals surface area contributed by atoms with Crippen molar-refractivity contribution in [2.24, 2.45) is 0 Å². The second-order valence-electron chi connectivity index (χ2n) is 6.53. The Kier molecular flexibility index (Phi) is 55.3. The van der Waals surface area contributed by atoms with Gasteiger partial charge in [0.05, 0.1) is 0 Å². The summed E-state index contributed by atoms with van der Waals surface area (Å²) < 4.78 is 0. The zero-order valence-electron chi connectivity index (χ0n) is 18.3. The SMILES string of the molecule is C[Si](C)C.C[Si](C)C.C[Si](C)C.O=[C-][Ge].[CH]1[CH][CH][CH][CH]1.[CH]1[CH][CH][CH][CH]1.[Sc]. The van der Waals surface area contributed by atoms with Gasteiger partial charge in [0, 0.05) is 52.2 Å². The van der Waals surface area contributed by atoms with E-state index in [0.29, 0.717) is 0 Å². The fourth-order valence-electron chi connectivity index (χ4n) is 0.642. The monoisotopic (exact) mass is 496 g/mol. The molecule has 0 saturated heterocycles. The van der Waals surface area contributed by atoms with Gasteiger partial charge in [-0.3, -0.25) is 0 Å². The summed E-state index contributed by atoms with van der Waals surface area (Å²) in [6, 6.07) is 0. The average Bonchev–Trinajstić information content (AvgIpc) is 3.17. The molecule has 2 fully saturated rings. The molecule has 6 heteroatoms. The topological polar surface area (TPSA) is 17.1 Å². The van der Waals surface area contributed by atoms with Crippen LogP contribution in [-0.2, 0) is 30.6 Å². The Labute approximate surface area is 200 Å². The van der Waals surface area contributed by atoms with Crippen LogP contribution < -0.4 is 0 Å². The van der Waals surface area contributed by atoms with Gasteiger partial charge >= 0.3 is 26.4 Å². The summed E-state index contributed by atoms with van der Waals surface area (Å²) >= 11 is 1.32. The molecule has 0 atom stereocenters. The summed E-state index contributed by atoms with van der Waals surface area (Å²) in [4.78, 5) is 8.68. The molecule has 0 aliphatic heterocycles. The minimum atomic E-state index is 0. The molecule has 2 aliphatic rings. The summed E-state index contributed by atoms with van der Waals surface area (Å²) in [6.07, 6.45) is 20.0. The van der Waals surface area contributed by atoms with Crippen LogP contribution in [0.15, 0.2) is 0 Å². The van der Waals surface area contributed by atoms with Gasteiger partial charge in [0.2, 0.25) is 0 Å². The van der Waals surface area contributed by atoms with E-state index in [9.17, 15) is 0 Å². The molecule has 0 N–H and O–H groups in total. The van der Waals surface area contributed by atoms with Crippen molar-refractivity contribution in [2.45, 2.75) is 58.9 Å². The molecule has 0 bridgehead atoms. The molecule has 26 heavy (non-hydrogen) atoms. The second kappa shape index (κ2) is 37.5. The van der Waals surface area contributed by atoms with E-state index < -0.39 is 0 Å². The predicted molar refractivity (Wildman–Crippen MR) is 124 cm³/mol. The fraction of sp³-hybridized carbons (Fsp3) is 0.450. The quantitative estimate of drug-likeness (QED) is 0.326. The third-order valence-corrected chi connectivity index (χ3v) is 1.11. The zero-order chi connectivity index (χ0) is 20.5. The van der Waals surface area contributed by atoms with Crippen molar-refractivity contribution >= 4 is 48.0 Å². The van der Waals surface area contributed by atoms with E-state index in [1.807, 2.05) is 64.2 Å². The third-order valence-electron chi connectivity index (χ3n) is 1.11. The maximum Gasteiger partial charge on any atom is 0 e. The van der Waals surface area contributed by atoms with E-state index in [2.05, 4.69) is 58.9 Å². The molecule has 1 nitrogen and oxygen atoms in total. The van der Waals surface area contributed by atoms with Gasteiger partial charge in [0.15, 0.2) is 0 Å². The number of carbonyl (C=O) groups excluding carboxylic acids is 1. The van der Waals surface area contributed by atoms with E-state index in [0.717, 1.165) is 0 Å². The Morgan fingerprint density at radius 1 is 0.500 bits per heavy atom. The molecule has 2 rings (SSSR count). The van der Waals surface area contributed by atoms with Gasteiger partial charge in [0.1, 0.15) is 0 Å². The minimum absolute atomic E-state index is 0. The molecular formula is C20H37GeOScSi3-. The van der Waals surface area contributed by atoms with Crippen LogP contribution in [0.2, 0.25) is 58.9 Å². The summed E-state index contributed by atoms with van der Waals surface area (Å²) in [5.74, 6) is 0. The van der Waals surface area contributed by atoms with Gasteiger partial charge in [-0.15, -0.1) is 0 Å². The van der Waals surface area contributed by atoms with Crippen LogP contribution in [0.4, 0.5) is 0 Å². The van der Waals surface area contributed by atoms with Crippen LogP contribution in [0.5, 0.6) is 0 Å². The fourth-order valence-corrected chi connectivity index (χ4v) is 0.642. The van der Waals surface area contributed by atoms with Gasteiger partial charge < -0.3 is 0 Å². The smallest absolute Gasteiger partial charge is 0 e. The van der Waals surface area contributed by atoms with Crippen LogP contribution in [-0.4, -0.2) is 48.0 Å². The van der Waals surface area contributed by atoms with Gasteiger partial charge in [-0.25, -0.2) is 0 Å². The summed E-state index contributed by atoms with van der Waals surface area (Å²) in [7, 11) is 0.361. The number of rotatable bonds is 0. The maximum atomic E-state index is 8.68. The van der Waals surface area contributed by atoms with E-state index >= 15 is 0 Å². The molecule has 17 radical (unpaired) electrons. The van der Waals surface area contributed by atoms with Crippen molar-refractivity contribution in [3.05, 3.63) is 64.2 Å². The summed E-state index contributed by atoms with van der Waals surface area (Å²) in [6.45, 7) is 20.4. The molecule has 0 amide bonds. The van der Waals surface area contributed by atoms with Crippen LogP contribution in [0, 0.1) is 64.2 Å². The van der Waals surface area contributed by atoms with Crippen LogP contribution in [0.25, 0.3) is 0 Å². The molecule has 0 unspecified atom stereocenters. The van der Waals surface area contributed by atoms with Crippen molar-refractivity contribution in [1.82, 2.24) is 0 Å². The predicted octanol–water partition coefficient (Wildman–Crippen LogP) is 5.37. The minimum Gasteiger partial charge on any atom is -0.0312 e. The molecule has 143 valence electrons. The molecule has 0 spiro atoms. The van der Waals surface area contributed by atoms with Crippen molar-refractivity contribution in [3.63, 3.8) is 0 Å². The summed E-state index contributed by atoms with van der Waals surface area (Å²) in [5.41, 5.74) is 0. The van der Waals surface area contributed by atoms with Gasteiger partial charge in [0.25, 0.3) is 0 Å². The van der Waals surface area contributed by atoms with Crippen molar-refractivity contribution in [3.8, 4) is 0 Å². The molecule has 0 aromatic rings. The standard InChI is InChI=1S/2C5H5.3C3H9Si.CGeO.Sc/c2*1-2-4-5-3-1;3*1-4(2)3;2-1-3;/h2*1-5H;3*1-3H3;;/q;;;;;-1;. The Bertz CT molecular complexity index is 163. The first kappa shape index (κ1) is 38.4. The largest absolute Gasteiger partial charge is 0.0312 e. The van der Waals surface area contributed by atoms with Gasteiger partial charge in [-0.1, -0.05) is 58.9 Å². The first-order valence-corrected chi connectivity index (χ1v) is 18.3. The first-order valence-electron chi connectivity index (χ1n) is 8.29. The molecule has 0 heterocycles. The Hall–Kier alpha value is 1.73. The average molecular weight is 495 g/mol. The Morgan fingerprint density at radius 2 is 0.538 bits per heavy atom. The molecule has 0 aromatic heterocycles. The first-order chi connectivity index (χ1) is 11.6. The normalized spacial score (nSPS) is 13.9. The maximum absolute atomic E-state index is 8.68. The van der Waals surface area contributed by atoms with E-state index in [1.54, 1.807) is 0 Å². The number of hydrogen-bond acceptors (Lipinski definition) is 1. The van der Waals surface area contributed by atoms with Gasteiger partial charge in [-0.05, 0) is 64.2 Å².